The van der Waals surface area contributed by atoms with Crippen LogP contribution in [-0.4, -0.2) is 47.6 Å². The zero-order valence-corrected chi connectivity index (χ0v) is 14.0. The number of hydrogen-bond donors (Lipinski definition) is 4. The zero-order valence-electron chi connectivity index (χ0n) is 14.0. The van der Waals surface area contributed by atoms with Crippen LogP contribution in [0.15, 0.2) is 30.3 Å². The van der Waals surface area contributed by atoms with Gasteiger partial charge in [0.25, 0.3) is 0 Å². The van der Waals surface area contributed by atoms with Crippen molar-refractivity contribution in [3.8, 4) is 5.75 Å². The molecule has 5 nitrogen and oxygen atoms in total. The standard InChI is InChI=1S/C17H28BNO4/c1-3-4-5-12-23-15-9-6-14(7-10-15)8-11-17(21)16(13-20)19-18(2)22/h6-11,16-17,19-22H,3-5,12-13H2,1-2H3/b11-8+/t16?,17-/m0/s1. The van der Waals surface area contributed by atoms with Gasteiger partial charge in [0.15, 0.2) is 0 Å². The predicted octanol–water partition coefficient (Wildman–Crippen LogP) is 1.69. The minimum atomic E-state index is -0.889. The van der Waals surface area contributed by atoms with Crippen LogP contribution in [0.2, 0.25) is 6.82 Å². The number of nitrogens with one attached hydrogen (secondary N) is 1. The Balaban J connectivity index is 2.49. The molecular formula is C17H28BNO4. The lowest BCUT2D eigenvalue weighted by molar-refractivity contribution is 0.133. The van der Waals surface area contributed by atoms with Gasteiger partial charge in [0, 0.05) is 0 Å². The summed E-state index contributed by atoms with van der Waals surface area (Å²) in [4.78, 5) is 0. The summed E-state index contributed by atoms with van der Waals surface area (Å²) >= 11 is 0. The van der Waals surface area contributed by atoms with Crippen LogP contribution in [0.4, 0.5) is 0 Å². The molecule has 128 valence electrons. The molecule has 2 atom stereocenters. The molecule has 23 heavy (non-hydrogen) atoms. The molecule has 0 aliphatic rings. The number of aliphatic hydroxyl groups excluding tert-OH is 2. The first kappa shape index (κ1) is 19.7. The first-order valence-corrected chi connectivity index (χ1v) is 8.21. The summed E-state index contributed by atoms with van der Waals surface area (Å²) in [7, 11) is -0.792. The van der Waals surface area contributed by atoms with Gasteiger partial charge in [-0.05, 0) is 30.9 Å². The fraction of sp³-hybridized carbons (Fsp3) is 0.529. The summed E-state index contributed by atoms with van der Waals surface area (Å²) in [5.74, 6) is 0.836. The maximum absolute atomic E-state index is 10.00. The third-order valence-corrected chi connectivity index (χ3v) is 3.45. The van der Waals surface area contributed by atoms with E-state index >= 15 is 0 Å². The molecule has 0 saturated heterocycles. The van der Waals surface area contributed by atoms with Gasteiger partial charge in [-0.25, -0.2) is 0 Å². The SMILES string of the molecule is CCCCCOc1ccc(/C=C/[C@H](O)C(CO)NB(C)O)cc1. The van der Waals surface area contributed by atoms with Crippen LogP contribution < -0.4 is 9.96 Å². The third kappa shape index (κ3) is 8.18. The predicted molar refractivity (Wildman–Crippen MR) is 94.3 cm³/mol. The molecule has 0 spiro atoms. The summed E-state index contributed by atoms with van der Waals surface area (Å²) in [5, 5.41) is 31.2. The second-order valence-electron chi connectivity index (χ2n) is 5.61. The quantitative estimate of drug-likeness (QED) is 0.368. The lowest BCUT2D eigenvalue weighted by Crippen LogP contribution is -2.48. The van der Waals surface area contributed by atoms with E-state index in [-0.39, 0.29) is 6.61 Å². The average molecular weight is 321 g/mol. The highest BCUT2D eigenvalue weighted by Gasteiger charge is 2.18. The first-order chi connectivity index (χ1) is 11.1. The summed E-state index contributed by atoms with van der Waals surface area (Å²) in [6.07, 6.45) is 5.88. The molecule has 4 N–H and O–H groups in total. The van der Waals surface area contributed by atoms with Crippen LogP contribution in [0.5, 0.6) is 5.75 Å². The van der Waals surface area contributed by atoms with Crippen molar-refractivity contribution in [3.63, 3.8) is 0 Å². The van der Waals surface area contributed by atoms with Gasteiger partial charge in [-0.2, -0.15) is 0 Å². The molecule has 0 aliphatic carbocycles. The highest BCUT2D eigenvalue weighted by Crippen LogP contribution is 2.14. The van der Waals surface area contributed by atoms with Crippen molar-refractivity contribution in [2.24, 2.45) is 0 Å². The summed E-state index contributed by atoms with van der Waals surface area (Å²) in [6.45, 7) is 4.16. The van der Waals surface area contributed by atoms with Crippen LogP contribution in [-0.2, 0) is 0 Å². The Kier molecular flexibility index (Phi) is 9.63. The van der Waals surface area contributed by atoms with Crippen LogP contribution >= 0.6 is 0 Å². The molecular weight excluding hydrogens is 293 g/mol. The number of benzene rings is 1. The van der Waals surface area contributed by atoms with E-state index in [4.69, 9.17) is 4.74 Å². The van der Waals surface area contributed by atoms with E-state index in [2.05, 4.69) is 12.2 Å². The van der Waals surface area contributed by atoms with Gasteiger partial charge in [0.1, 0.15) is 5.75 Å². The zero-order chi connectivity index (χ0) is 17.1. The van der Waals surface area contributed by atoms with E-state index in [9.17, 15) is 15.2 Å². The minimum absolute atomic E-state index is 0.263. The van der Waals surface area contributed by atoms with Gasteiger partial charge in [0.05, 0.1) is 25.4 Å². The topological polar surface area (TPSA) is 82.0 Å². The Morgan fingerprint density at radius 1 is 1.26 bits per heavy atom. The van der Waals surface area contributed by atoms with Gasteiger partial charge < -0.3 is 25.2 Å². The van der Waals surface area contributed by atoms with Crippen molar-refractivity contribution in [1.29, 1.82) is 0 Å². The van der Waals surface area contributed by atoms with E-state index in [1.54, 1.807) is 19.0 Å². The second-order valence-corrected chi connectivity index (χ2v) is 5.61. The number of unbranched alkanes of at least 4 members (excludes halogenated alkanes) is 2. The molecule has 0 radical (unpaired) electrons. The second kappa shape index (κ2) is 11.2. The van der Waals surface area contributed by atoms with Crippen LogP contribution in [0, 0.1) is 0 Å². The van der Waals surface area contributed by atoms with Crippen molar-refractivity contribution in [2.45, 2.75) is 45.2 Å². The fourth-order valence-corrected chi connectivity index (χ4v) is 2.13. The van der Waals surface area contributed by atoms with E-state index < -0.39 is 19.2 Å². The monoisotopic (exact) mass is 321 g/mol. The maximum Gasteiger partial charge on any atom is 0.374 e. The molecule has 0 bridgehead atoms. The molecule has 0 fully saturated rings. The van der Waals surface area contributed by atoms with Crippen molar-refractivity contribution in [3.05, 3.63) is 35.9 Å². The molecule has 1 unspecified atom stereocenters. The number of ether oxygens (including phenoxy) is 1. The normalized spacial score (nSPS) is 14.0. The van der Waals surface area contributed by atoms with Gasteiger partial charge in [-0.1, -0.05) is 44.1 Å². The van der Waals surface area contributed by atoms with Crippen molar-refractivity contribution < 1.29 is 20.0 Å². The summed E-state index contributed by atoms with van der Waals surface area (Å²) in [5.41, 5.74) is 0.929. The van der Waals surface area contributed by atoms with Gasteiger partial charge >= 0.3 is 7.05 Å². The molecule has 0 heterocycles. The summed E-state index contributed by atoms with van der Waals surface area (Å²) < 4.78 is 5.64. The lowest BCUT2D eigenvalue weighted by Gasteiger charge is -2.20. The first-order valence-electron chi connectivity index (χ1n) is 8.21. The molecule has 0 aliphatic heterocycles. The average Bonchev–Trinajstić information content (AvgIpc) is 2.55. The highest BCUT2D eigenvalue weighted by atomic mass is 16.5. The molecule has 0 aromatic heterocycles. The van der Waals surface area contributed by atoms with E-state index in [1.807, 2.05) is 24.3 Å². The number of hydrogen-bond acceptors (Lipinski definition) is 5. The largest absolute Gasteiger partial charge is 0.494 e. The number of aliphatic hydroxyl groups is 2. The third-order valence-electron chi connectivity index (χ3n) is 3.45. The Bertz CT molecular complexity index is 450. The number of rotatable bonds is 11. The van der Waals surface area contributed by atoms with Crippen LogP contribution in [0.25, 0.3) is 6.08 Å². The molecule has 1 rings (SSSR count). The smallest absolute Gasteiger partial charge is 0.374 e. The van der Waals surface area contributed by atoms with Crippen LogP contribution in [0.3, 0.4) is 0 Å². The Morgan fingerprint density at radius 3 is 2.52 bits per heavy atom. The fourth-order valence-electron chi connectivity index (χ4n) is 2.13. The Morgan fingerprint density at radius 2 is 1.96 bits per heavy atom. The van der Waals surface area contributed by atoms with E-state index in [1.165, 1.54) is 12.8 Å². The molecule has 1 aromatic rings. The van der Waals surface area contributed by atoms with Gasteiger partial charge in [-0.15, -0.1) is 0 Å². The molecule has 1 aromatic carbocycles. The minimum Gasteiger partial charge on any atom is -0.494 e. The maximum atomic E-state index is 10.00. The highest BCUT2D eigenvalue weighted by molar-refractivity contribution is 6.45. The lowest BCUT2D eigenvalue weighted by atomic mass is 9.86. The molecule has 6 heteroatoms. The van der Waals surface area contributed by atoms with Gasteiger partial charge in [0.2, 0.25) is 0 Å². The van der Waals surface area contributed by atoms with Crippen molar-refractivity contribution >= 4 is 13.1 Å². The van der Waals surface area contributed by atoms with E-state index in [0.717, 1.165) is 24.3 Å². The van der Waals surface area contributed by atoms with Crippen molar-refractivity contribution in [1.82, 2.24) is 5.23 Å². The Hall–Kier alpha value is -1.34. The Labute approximate surface area is 139 Å². The van der Waals surface area contributed by atoms with Crippen molar-refractivity contribution in [2.75, 3.05) is 13.2 Å². The molecule has 0 saturated carbocycles. The summed E-state index contributed by atoms with van der Waals surface area (Å²) in [6, 6.07) is 7.01. The van der Waals surface area contributed by atoms with Crippen LogP contribution in [0.1, 0.15) is 31.7 Å². The molecule has 0 amide bonds. The van der Waals surface area contributed by atoms with E-state index in [0.29, 0.717) is 0 Å². The van der Waals surface area contributed by atoms with Gasteiger partial charge in [-0.3, -0.25) is 0 Å².